The van der Waals surface area contributed by atoms with Crippen molar-refractivity contribution >= 4 is 5.71 Å². The van der Waals surface area contributed by atoms with Gasteiger partial charge in [-0.3, -0.25) is 4.98 Å². The molecule has 1 aliphatic rings. The van der Waals surface area contributed by atoms with Crippen LogP contribution in [0.15, 0.2) is 47.8 Å². The number of nitrogens with one attached hydrogen (secondary N) is 1. The number of halogens is 5. The highest BCUT2D eigenvalue weighted by Gasteiger charge is 2.62. The second-order valence-electron chi connectivity index (χ2n) is 5.83. The van der Waals surface area contributed by atoms with Crippen molar-refractivity contribution in [3.8, 4) is 11.1 Å². The molecule has 1 aromatic carbocycles. The summed E-state index contributed by atoms with van der Waals surface area (Å²) in [6.45, 7) is 1.91. The van der Waals surface area contributed by atoms with Gasteiger partial charge in [0.2, 0.25) is 0 Å². The van der Waals surface area contributed by atoms with Gasteiger partial charge in [0.15, 0.2) is 0 Å². The van der Waals surface area contributed by atoms with Crippen molar-refractivity contribution < 1.29 is 22.0 Å². The number of hydrogen-bond donors (Lipinski definition) is 1. The van der Waals surface area contributed by atoms with Gasteiger partial charge in [0.1, 0.15) is 5.71 Å². The number of alkyl halides is 5. The molecule has 0 saturated heterocycles. The minimum absolute atomic E-state index is 0.512. The van der Waals surface area contributed by atoms with Gasteiger partial charge in [-0.25, -0.2) is 0 Å². The van der Waals surface area contributed by atoms with Gasteiger partial charge in [0.25, 0.3) is 0 Å². The van der Waals surface area contributed by atoms with E-state index in [9.17, 15) is 22.0 Å². The van der Waals surface area contributed by atoms with Crippen LogP contribution in [0, 0.1) is 6.92 Å². The topological polar surface area (TPSA) is 37.3 Å². The maximum atomic E-state index is 13.4. The van der Waals surface area contributed by atoms with E-state index in [-0.39, 0.29) is 0 Å². The number of aromatic nitrogens is 1. The molecule has 1 aromatic heterocycles. The number of nitrogens with zero attached hydrogens (tertiary/aromatic N) is 2. The lowest BCUT2D eigenvalue weighted by atomic mass is 9.95. The molecule has 0 aliphatic carbocycles. The second kappa shape index (κ2) is 6.09. The highest BCUT2D eigenvalue weighted by Crippen LogP contribution is 2.40. The second-order valence-corrected chi connectivity index (χ2v) is 5.83. The molecule has 1 aliphatic heterocycles. The summed E-state index contributed by atoms with van der Waals surface area (Å²) in [6.07, 6.45) is -2.84. The molecule has 1 atom stereocenters. The summed E-state index contributed by atoms with van der Waals surface area (Å²) in [5.74, 6) is -4.94. The Bertz CT molecular complexity index is 814. The zero-order valence-corrected chi connectivity index (χ0v) is 13.1. The van der Waals surface area contributed by atoms with Crippen LogP contribution >= 0.6 is 0 Å². The van der Waals surface area contributed by atoms with Crippen LogP contribution in [0.2, 0.25) is 0 Å². The van der Waals surface area contributed by atoms with E-state index < -0.39 is 30.3 Å². The highest BCUT2D eigenvalue weighted by molar-refractivity contribution is 5.93. The van der Waals surface area contributed by atoms with Crippen molar-refractivity contribution in [1.29, 1.82) is 0 Å². The van der Waals surface area contributed by atoms with Gasteiger partial charge in [0.05, 0.1) is 6.04 Å². The number of benzene rings is 1. The molecular weight excluding hydrogens is 341 g/mol. The monoisotopic (exact) mass is 355 g/mol. The number of aryl methyl sites for hydroxylation is 1. The normalized spacial score (nSPS) is 18.0. The van der Waals surface area contributed by atoms with E-state index in [4.69, 9.17) is 0 Å². The van der Waals surface area contributed by atoms with Crippen molar-refractivity contribution in [2.24, 2.45) is 5.10 Å². The van der Waals surface area contributed by atoms with Crippen molar-refractivity contribution in [3.05, 3.63) is 53.9 Å². The molecule has 0 radical (unpaired) electrons. The van der Waals surface area contributed by atoms with Crippen LogP contribution in [0.3, 0.4) is 0 Å². The maximum Gasteiger partial charge on any atom is 0.459 e. The number of pyridine rings is 1. The van der Waals surface area contributed by atoms with Crippen LogP contribution in [0.1, 0.15) is 23.6 Å². The van der Waals surface area contributed by atoms with E-state index in [1.807, 2.05) is 19.1 Å². The fourth-order valence-corrected chi connectivity index (χ4v) is 2.68. The number of hydrogen-bond acceptors (Lipinski definition) is 3. The molecule has 0 bridgehead atoms. The molecule has 2 heterocycles. The minimum Gasteiger partial charge on any atom is -0.302 e. The van der Waals surface area contributed by atoms with Crippen molar-refractivity contribution in [2.45, 2.75) is 31.5 Å². The summed E-state index contributed by atoms with van der Waals surface area (Å²) in [5.41, 5.74) is 4.42. The average molecular weight is 355 g/mol. The van der Waals surface area contributed by atoms with Gasteiger partial charge in [-0.05, 0) is 35.7 Å². The van der Waals surface area contributed by atoms with Crippen LogP contribution in [-0.4, -0.2) is 22.8 Å². The largest absolute Gasteiger partial charge is 0.459 e. The lowest BCUT2D eigenvalue weighted by Crippen LogP contribution is -2.43. The van der Waals surface area contributed by atoms with Gasteiger partial charge in [0, 0.05) is 24.4 Å². The molecular formula is C17H14F5N3. The summed E-state index contributed by atoms with van der Waals surface area (Å²) in [6, 6.07) is 8.05. The summed E-state index contributed by atoms with van der Waals surface area (Å²) < 4.78 is 64.3. The van der Waals surface area contributed by atoms with Crippen molar-refractivity contribution in [3.63, 3.8) is 0 Å². The minimum atomic E-state index is -5.66. The molecule has 0 spiro atoms. The van der Waals surface area contributed by atoms with Crippen LogP contribution in [0.25, 0.3) is 11.1 Å². The lowest BCUT2D eigenvalue weighted by molar-refractivity contribution is -0.249. The molecule has 3 nitrogen and oxygen atoms in total. The first-order chi connectivity index (χ1) is 11.7. The van der Waals surface area contributed by atoms with E-state index in [0.717, 1.165) is 16.7 Å². The molecule has 0 fully saturated rings. The molecule has 3 rings (SSSR count). The van der Waals surface area contributed by atoms with E-state index in [1.54, 1.807) is 30.6 Å². The number of rotatable bonds is 3. The zero-order valence-electron chi connectivity index (χ0n) is 13.1. The first-order valence-electron chi connectivity index (χ1n) is 7.48. The first-order valence-corrected chi connectivity index (χ1v) is 7.48. The van der Waals surface area contributed by atoms with Crippen LogP contribution in [0.5, 0.6) is 0 Å². The van der Waals surface area contributed by atoms with E-state index in [2.05, 4.69) is 15.5 Å². The van der Waals surface area contributed by atoms with Gasteiger partial charge in [-0.1, -0.05) is 18.2 Å². The Morgan fingerprint density at radius 3 is 2.56 bits per heavy atom. The highest BCUT2D eigenvalue weighted by atomic mass is 19.4. The Balaban J connectivity index is 1.84. The third kappa shape index (κ3) is 3.20. The summed E-state index contributed by atoms with van der Waals surface area (Å²) in [7, 11) is 0. The maximum absolute atomic E-state index is 13.4. The van der Waals surface area contributed by atoms with E-state index in [0.29, 0.717) is 5.56 Å². The Labute approximate surface area is 140 Å². The van der Waals surface area contributed by atoms with Gasteiger partial charge in [-0.15, -0.1) is 0 Å². The Morgan fingerprint density at radius 2 is 1.88 bits per heavy atom. The molecule has 2 aromatic rings. The molecule has 8 heteroatoms. The SMILES string of the molecule is Cc1ccncc1-c1cccc(C2CC(C(F)(F)C(F)(F)F)=NN2)c1. The van der Waals surface area contributed by atoms with Gasteiger partial charge < -0.3 is 5.43 Å². The molecule has 25 heavy (non-hydrogen) atoms. The Morgan fingerprint density at radius 1 is 1.12 bits per heavy atom. The quantitative estimate of drug-likeness (QED) is 0.814. The summed E-state index contributed by atoms with van der Waals surface area (Å²) in [5, 5.41) is 3.24. The lowest BCUT2D eigenvalue weighted by Gasteiger charge is -2.19. The van der Waals surface area contributed by atoms with Crippen LogP contribution in [-0.2, 0) is 0 Å². The third-order valence-corrected chi connectivity index (χ3v) is 4.11. The first kappa shape index (κ1) is 17.3. The summed E-state index contributed by atoms with van der Waals surface area (Å²) >= 11 is 0. The molecule has 0 amide bonds. The smallest absolute Gasteiger partial charge is 0.302 e. The standard InChI is InChI=1S/C17H14F5N3/c1-10-5-6-23-9-13(10)11-3-2-4-12(7-11)14-8-15(25-24-14)16(18,19)17(20,21)22/h2-7,9,14,24H,8H2,1H3. The fourth-order valence-electron chi connectivity index (χ4n) is 2.68. The van der Waals surface area contributed by atoms with Crippen molar-refractivity contribution in [1.82, 2.24) is 10.4 Å². The number of hydrazone groups is 1. The van der Waals surface area contributed by atoms with Gasteiger partial charge in [-0.2, -0.15) is 27.1 Å². The van der Waals surface area contributed by atoms with Crippen LogP contribution < -0.4 is 5.43 Å². The molecule has 1 N–H and O–H groups in total. The Hall–Kier alpha value is -2.51. The van der Waals surface area contributed by atoms with Gasteiger partial charge >= 0.3 is 12.1 Å². The zero-order chi connectivity index (χ0) is 18.2. The Kier molecular flexibility index (Phi) is 4.22. The van der Waals surface area contributed by atoms with E-state index in [1.165, 1.54) is 0 Å². The summed E-state index contributed by atoms with van der Waals surface area (Å²) in [4.78, 5) is 4.06. The third-order valence-electron chi connectivity index (χ3n) is 4.11. The molecule has 132 valence electrons. The fraction of sp³-hybridized carbons (Fsp3) is 0.294. The molecule has 1 unspecified atom stereocenters. The molecule has 0 saturated carbocycles. The van der Waals surface area contributed by atoms with E-state index >= 15 is 0 Å². The average Bonchev–Trinajstić information content (AvgIpc) is 3.05. The van der Waals surface area contributed by atoms with Crippen molar-refractivity contribution in [2.75, 3.05) is 0 Å². The van der Waals surface area contributed by atoms with Crippen LogP contribution in [0.4, 0.5) is 22.0 Å². The predicted molar refractivity (Wildman–Crippen MR) is 83.3 cm³/mol. The predicted octanol–water partition coefficient (Wildman–Crippen LogP) is 4.65.